The quantitative estimate of drug-likeness (QED) is 0.882. The second-order valence-electron chi connectivity index (χ2n) is 4.10. The monoisotopic (exact) mass is 285 g/mol. The van der Waals surface area contributed by atoms with Gasteiger partial charge in [0.1, 0.15) is 5.82 Å². The third-order valence-corrected chi connectivity index (χ3v) is 2.64. The van der Waals surface area contributed by atoms with Gasteiger partial charge in [-0.05, 0) is 30.8 Å². The van der Waals surface area contributed by atoms with E-state index < -0.39 is 17.6 Å². The minimum atomic E-state index is -4.68. The largest absolute Gasteiger partial charge is 0.417 e. The summed E-state index contributed by atoms with van der Waals surface area (Å²) in [5.41, 5.74) is 4.57. The Bertz CT molecular complexity index is 611. The number of nitrogens with two attached hydrogens (primary N) is 1. The zero-order valence-corrected chi connectivity index (χ0v) is 10.3. The van der Waals surface area contributed by atoms with E-state index in [4.69, 9.17) is 5.73 Å². The van der Waals surface area contributed by atoms with Gasteiger partial charge in [0.2, 0.25) is 0 Å². The van der Waals surface area contributed by atoms with Crippen molar-refractivity contribution < 1.29 is 17.6 Å². The van der Waals surface area contributed by atoms with Crippen molar-refractivity contribution in [2.45, 2.75) is 12.6 Å². The summed E-state index contributed by atoms with van der Waals surface area (Å²) in [4.78, 5) is 7.84. The highest BCUT2D eigenvalue weighted by Crippen LogP contribution is 2.36. The molecule has 20 heavy (non-hydrogen) atoms. The van der Waals surface area contributed by atoms with Gasteiger partial charge in [-0.1, -0.05) is 0 Å². The Balaban J connectivity index is 2.55. The molecule has 0 saturated heterocycles. The lowest BCUT2D eigenvalue weighted by molar-refractivity contribution is -0.137. The molecule has 0 spiro atoms. The van der Waals surface area contributed by atoms with Crippen molar-refractivity contribution in [3.05, 3.63) is 47.5 Å². The van der Waals surface area contributed by atoms with E-state index in [9.17, 15) is 17.6 Å². The van der Waals surface area contributed by atoms with Crippen LogP contribution in [0.1, 0.15) is 11.3 Å². The molecule has 0 aliphatic heterocycles. The van der Waals surface area contributed by atoms with E-state index in [-0.39, 0.29) is 11.4 Å². The summed E-state index contributed by atoms with van der Waals surface area (Å²) in [7, 11) is 0. The summed E-state index contributed by atoms with van der Waals surface area (Å²) in [6.07, 6.45) is -2.89. The fourth-order valence-electron chi connectivity index (χ4n) is 1.76. The molecule has 0 atom stereocenters. The van der Waals surface area contributed by atoms with Crippen LogP contribution in [0.3, 0.4) is 0 Å². The van der Waals surface area contributed by atoms with Gasteiger partial charge in [0.15, 0.2) is 5.82 Å². The third kappa shape index (κ3) is 3.11. The van der Waals surface area contributed by atoms with Gasteiger partial charge in [0, 0.05) is 23.9 Å². The molecule has 3 nitrogen and oxygen atoms in total. The predicted octanol–water partition coefficient (Wildman–Crippen LogP) is 2.80. The molecule has 1 heterocycles. The van der Waals surface area contributed by atoms with Crippen LogP contribution < -0.4 is 5.73 Å². The molecule has 0 radical (unpaired) electrons. The third-order valence-electron chi connectivity index (χ3n) is 2.64. The van der Waals surface area contributed by atoms with Gasteiger partial charge in [-0.3, -0.25) is 0 Å². The summed E-state index contributed by atoms with van der Waals surface area (Å²) < 4.78 is 51.8. The average Bonchev–Trinajstić information content (AvgIpc) is 2.38. The minimum Gasteiger partial charge on any atom is -0.330 e. The number of hydrogen-bond donors (Lipinski definition) is 1. The summed E-state index contributed by atoms with van der Waals surface area (Å²) >= 11 is 0. The van der Waals surface area contributed by atoms with Crippen molar-refractivity contribution in [3.8, 4) is 11.4 Å². The van der Waals surface area contributed by atoms with Gasteiger partial charge >= 0.3 is 6.18 Å². The molecule has 2 rings (SSSR count). The number of hydrogen-bond acceptors (Lipinski definition) is 3. The van der Waals surface area contributed by atoms with E-state index in [1.54, 1.807) is 6.07 Å². The Kier molecular flexibility index (Phi) is 3.99. The van der Waals surface area contributed by atoms with Crippen LogP contribution >= 0.6 is 0 Å². The van der Waals surface area contributed by atoms with Crippen LogP contribution in [0.25, 0.3) is 11.4 Å². The maximum atomic E-state index is 13.0. The molecule has 0 fully saturated rings. The predicted molar refractivity (Wildman–Crippen MR) is 65.2 cm³/mol. The van der Waals surface area contributed by atoms with Crippen LogP contribution in [-0.2, 0) is 12.6 Å². The highest BCUT2D eigenvalue weighted by molar-refractivity contribution is 5.61. The number of aromatic nitrogens is 2. The average molecular weight is 285 g/mol. The van der Waals surface area contributed by atoms with Crippen LogP contribution in [0.2, 0.25) is 0 Å². The molecule has 0 aliphatic carbocycles. The molecule has 7 heteroatoms. The van der Waals surface area contributed by atoms with E-state index in [1.165, 1.54) is 6.20 Å². The summed E-state index contributed by atoms with van der Waals surface area (Å²) in [5.74, 6) is -1.05. The second-order valence-corrected chi connectivity index (χ2v) is 4.10. The first-order valence-corrected chi connectivity index (χ1v) is 5.81. The van der Waals surface area contributed by atoms with Gasteiger partial charge < -0.3 is 5.73 Å². The molecule has 1 aromatic carbocycles. The maximum Gasteiger partial charge on any atom is 0.417 e. The molecular formula is C13H11F4N3. The van der Waals surface area contributed by atoms with E-state index in [2.05, 4.69) is 9.97 Å². The maximum absolute atomic E-state index is 13.0. The molecule has 0 amide bonds. The van der Waals surface area contributed by atoms with Crippen molar-refractivity contribution in [3.63, 3.8) is 0 Å². The summed E-state index contributed by atoms with van der Waals surface area (Å²) in [6, 6.07) is 3.99. The lowest BCUT2D eigenvalue weighted by atomic mass is 10.1. The Morgan fingerprint density at radius 3 is 2.55 bits per heavy atom. The molecule has 1 aromatic heterocycles. The van der Waals surface area contributed by atoms with Crippen LogP contribution in [0.15, 0.2) is 30.5 Å². The van der Waals surface area contributed by atoms with Crippen LogP contribution in [-0.4, -0.2) is 16.5 Å². The smallest absolute Gasteiger partial charge is 0.330 e. The van der Waals surface area contributed by atoms with Crippen molar-refractivity contribution in [2.75, 3.05) is 6.54 Å². The van der Waals surface area contributed by atoms with Crippen molar-refractivity contribution in [2.24, 2.45) is 5.73 Å². The van der Waals surface area contributed by atoms with Gasteiger partial charge in [0.05, 0.1) is 5.56 Å². The minimum absolute atomic E-state index is 0.0942. The van der Waals surface area contributed by atoms with E-state index in [1.807, 2.05) is 0 Å². The zero-order valence-electron chi connectivity index (χ0n) is 10.3. The first kappa shape index (κ1) is 14.4. The fourth-order valence-corrected chi connectivity index (χ4v) is 1.76. The van der Waals surface area contributed by atoms with Crippen molar-refractivity contribution in [1.29, 1.82) is 0 Å². The molecule has 2 aromatic rings. The van der Waals surface area contributed by atoms with Gasteiger partial charge in [-0.25, -0.2) is 14.4 Å². The highest BCUT2D eigenvalue weighted by Gasteiger charge is 2.34. The molecule has 0 unspecified atom stereocenters. The number of rotatable bonds is 3. The first-order valence-electron chi connectivity index (χ1n) is 5.81. The van der Waals surface area contributed by atoms with Gasteiger partial charge in [-0.2, -0.15) is 13.2 Å². The van der Waals surface area contributed by atoms with E-state index >= 15 is 0 Å². The summed E-state index contributed by atoms with van der Waals surface area (Å²) in [5, 5.41) is 0. The SMILES string of the molecule is NCCc1ccnc(-c2ccc(F)cc2C(F)(F)F)n1. The van der Waals surface area contributed by atoms with E-state index in [0.717, 1.165) is 12.1 Å². The number of halogens is 4. The van der Waals surface area contributed by atoms with Crippen molar-refractivity contribution >= 4 is 0 Å². The number of alkyl halides is 3. The van der Waals surface area contributed by atoms with Gasteiger partial charge in [-0.15, -0.1) is 0 Å². The summed E-state index contributed by atoms with van der Waals surface area (Å²) in [6.45, 7) is 0.325. The lowest BCUT2D eigenvalue weighted by Crippen LogP contribution is -2.10. The molecule has 106 valence electrons. The fraction of sp³-hybridized carbons (Fsp3) is 0.231. The van der Waals surface area contributed by atoms with Gasteiger partial charge in [0.25, 0.3) is 0 Å². The van der Waals surface area contributed by atoms with Crippen LogP contribution in [0.5, 0.6) is 0 Å². The second kappa shape index (κ2) is 5.54. The normalized spacial score (nSPS) is 11.7. The molecular weight excluding hydrogens is 274 g/mol. The van der Waals surface area contributed by atoms with Crippen LogP contribution in [0.4, 0.5) is 17.6 Å². The molecule has 2 N–H and O–H groups in total. The topological polar surface area (TPSA) is 51.8 Å². The Morgan fingerprint density at radius 1 is 1.15 bits per heavy atom. The van der Waals surface area contributed by atoms with Crippen LogP contribution in [0, 0.1) is 5.82 Å². The standard InChI is InChI=1S/C13H11F4N3/c14-8-1-2-10(11(7-8)13(15,16)17)12-19-6-4-9(20-12)3-5-18/h1-2,4,6-7H,3,5,18H2. The molecule has 0 saturated carbocycles. The van der Waals surface area contributed by atoms with Crippen molar-refractivity contribution in [1.82, 2.24) is 9.97 Å². The Morgan fingerprint density at radius 2 is 1.90 bits per heavy atom. The first-order chi connectivity index (χ1) is 9.41. The molecule has 0 aliphatic rings. The number of benzene rings is 1. The molecule has 0 bridgehead atoms. The highest BCUT2D eigenvalue weighted by atomic mass is 19.4. The van der Waals surface area contributed by atoms with E-state index in [0.29, 0.717) is 24.7 Å². The zero-order chi connectivity index (χ0) is 14.8. The Labute approximate surface area is 112 Å². The lowest BCUT2D eigenvalue weighted by Gasteiger charge is -2.12. The number of nitrogens with zero attached hydrogens (tertiary/aromatic N) is 2. The Hall–Kier alpha value is -2.02.